The van der Waals surface area contributed by atoms with Crippen molar-refractivity contribution in [2.24, 2.45) is 0 Å². The van der Waals surface area contributed by atoms with Crippen molar-refractivity contribution in [3.63, 3.8) is 0 Å². The van der Waals surface area contributed by atoms with Gasteiger partial charge in [0.15, 0.2) is 0 Å². The zero-order chi connectivity index (χ0) is 25.5. The van der Waals surface area contributed by atoms with E-state index in [2.05, 4.69) is 111 Å². The number of hydrogen-bond donors (Lipinski definition) is 0. The van der Waals surface area contributed by atoms with Crippen LogP contribution in [0.15, 0.2) is 108 Å². The molecule has 2 atom stereocenters. The number of fused-ring (bicyclic) bond motifs is 2. The highest BCUT2D eigenvalue weighted by molar-refractivity contribution is 6.51. The lowest BCUT2D eigenvalue weighted by Crippen LogP contribution is -2.08. The normalized spacial score (nSPS) is 18.4. The monoisotopic (exact) mass is 520 g/mol. The van der Waals surface area contributed by atoms with Gasteiger partial charge in [-0.05, 0) is 63.8 Å². The molecule has 0 aromatic heterocycles. The zero-order valence-corrected chi connectivity index (χ0v) is 22.8. The van der Waals surface area contributed by atoms with Crippen LogP contribution < -0.4 is 0 Å². The smallest absolute Gasteiger partial charge is 0.0485 e. The van der Waals surface area contributed by atoms with Gasteiger partial charge in [-0.1, -0.05) is 134 Å². The summed E-state index contributed by atoms with van der Waals surface area (Å²) in [4.78, 5) is 0. The van der Waals surface area contributed by atoms with E-state index in [0.29, 0.717) is 0 Å². The van der Waals surface area contributed by atoms with Crippen molar-refractivity contribution in [1.29, 1.82) is 0 Å². The Morgan fingerprint density at radius 3 is 1.30 bits per heavy atom. The maximum absolute atomic E-state index is 7.19. The van der Waals surface area contributed by atoms with Crippen LogP contribution in [-0.2, 0) is 0 Å². The van der Waals surface area contributed by atoms with Crippen LogP contribution in [0.4, 0.5) is 0 Å². The third kappa shape index (κ3) is 3.99. The second-order valence-electron chi connectivity index (χ2n) is 10.00. The van der Waals surface area contributed by atoms with Gasteiger partial charge in [-0.3, -0.25) is 0 Å². The largest absolute Gasteiger partial charge is 0.0837 e. The zero-order valence-electron chi connectivity index (χ0n) is 21.3. The van der Waals surface area contributed by atoms with E-state index in [9.17, 15) is 0 Å². The van der Waals surface area contributed by atoms with Crippen molar-refractivity contribution >= 4 is 33.3 Å². The van der Waals surface area contributed by atoms with E-state index in [-0.39, 0.29) is 11.8 Å². The number of allylic oxidation sites excluding steroid dienone is 2. The number of halogens is 2. The average Bonchev–Trinajstić information content (AvgIpc) is 3.39. The molecule has 4 aromatic rings. The predicted octanol–water partition coefficient (Wildman–Crippen LogP) is 11.0. The fourth-order valence-electron chi connectivity index (χ4n) is 6.51. The minimum absolute atomic E-state index is 0.276. The van der Waals surface area contributed by atoms with Crippen LogP contribution in [-0.4, -0.2) is 0 Å². The average molecular weight is 522 g/mol. The van der Waals surface area contributed by atoms with E-state index in [0.717, 1.165) is 29.3 Å². The molecular weight excluding hydrogens is 491 g/mol. The standard InChI is InChI=1S/C35H30Cl2/c1-3-24-30(28-19-11-17-26(32(28)34(24)36)22-13-7-5-8-14-22)21-31-25(4-2)35(37)33-27(18-12-20-29(31)33)23-15-9-6-10-16-23/h5-20,30-31H,3-4,21H2,1-2H3. The molecule has 6 rings (SSSR count). The summed E-state index contributed by atoms with van der Waals surface area (Å²) in [5.41, 5.74) is 12.7. The minimum Gasteiger partial charge on any atom is -0.0837 e. The number of rotatable bonds is 6. The molecule has 2 unspecified atom stereocenters. The van der Waals surface area contributed by atoms with Crippen LogP contribution in [0.1, 0.15) is 67.2 Å². The Morgan fingerprint density at radius 2 is 0.919 bits per heavy atom. The van der Waals surface area contributed by atoms with Crippen molar-refractivity contribution < 1.29 is 0 Å². The Balaban J connectivity index is 1.46. The van der Waals surface area contributed by atoms with E-state index >= 15 is 0 Å². The first-order valence-electron chi connectivity index (χ1n) is 13.3. The molecule has 0 aliphatic heterocycles. The molecule has 0 N–H and O–H groups in total. The van der Waals surface area contributed by atoms with E-state index in [1.54, 1.807) is 0 Å². The van der Waals surface area contributed by atoms with Crippen molar-refractivity contribution in [1.82, 2.24) is 0 Å². The minimum atomic E-state index is 0.276. The summed E-state index contributed by atoms with van der Waals surface area (Å²) in [6.45, 7) is 4.47. The van der Waals surface area contributed by atoms with E-state index in [4.69, 9.17) is 23.2 Å². The molecule has 0 saturated heterocycles. The van der Waals surface area contributed by atoms with Gasteiger partial charge in [0, 0.05) is 33.0 Å². The third-order valence-electron chi connectivity index (χ3n) is 8.19. The Hall–Kier alpha value is -3.06. The Morgan fingerprint density at radius 1 is 0.514 bits per heavy atom. The maximum atomic E-state index is 7.19. The summed E-state index contributed by atoms with van der Waals surface area (Å²) in [7, 11) is 0. The van der Waals surface area contributed by atoms with Gasteiger partial charge in [0.05, 0.1) is 0 Å². The fourth-order valence-corrected chi connectivity index (χ4v) is 7.46. The second-order valence-corrected chi connectivity index (χ2v) is 10.8. The molecule has 2 heteroatoms. The molecule has 0 bridgehead atoms. The highest BCUT2D eigenvalue weighted by Crippen LogP contribution is 2.57. The van der Waals surface area contributed by atoms with Gasteiger partial charge in [-0.2, -0.15) is 0 Å². The molecule has 2 aliphatic rings. The molecule has 0 radical (unpaired) electrons. The first-order chi connectivity index (χ1) is 18.1. The quantitative estimate of drug-likeness (QED) is 0.237. The van der Waals surface area contributed by atoms with Crippen LogP contribution in [0, 0.1) is 0 Å². The molecule has 4 aromatic carbocycles. The molecule has 0 amide bonds. The summed E-state index contributed by atoms with van der Waals surface area (Å²) in [5.74, 6) is 0.553. The van der Waals surface area contributed by atoms with Crippen LogP contribution in [0.3, 0.4) is 0 Å². The van der Waals surface area contributed by atoms with Crippen LogP contribution in [0.5, 0.6) is 0 Å². The van der Waals surface area contributed by atoms with Crippen molar-refractivity contribution in [3.8, 4) is 22.3 Å². The summed E-state index contributed by atoms with van der Waals surface area (Å²) < 4.78 is 0. The third-order valence-corrected chi connectivity index (χ3v) is 9.05. The molecule has 37 heavy (non-hydrogen) atoms. The molecule has 0 heterocycles. The lowest BCUT2D eigenvalue weighted by atomic mass is 9.79. The topological polar surface area (TPSA) is 0 Å². The number of benzene rings is 4. The lowest BCUT2D eigenvalue weighted by Gasteiger charge is -2.24. The van der Waals surface area contributed by atoms with E-state index < -0.39 is 0 Å². The van der Waals surface area contributed by atoms with Gasteiger partial charge in [0.2, 0.25) is 0 Å². The highest BCUT2D eigenvalue weighted by Gasteiger charge is 2.38. The van der Waals surface area contributed by atoms with Crippen molar-refractivity contribution in [3.05, 3.63) is 130 Å². The summed E-state index contributed by atoms with van der Waals surface area (Å²) in [6, 6.07) is 34.6. The van der Waals surface area contributed by atoms with Gasteiger partial charge >= 0.3 is 0 Å². The van der Waals surface area contributed by atoms with Crippen LogP contribution >= 0.6 is 23.2 Å². The lowest BCUT2D eigenvalue weighted by molar-refractivity contribution is 0.620. The molecular formula is C35H30Cl2. The summed E-state index contributed by atoms with van der Waals surface area (Å²) >= 11 is 14.4. The molecule has 2 aliphatic carbocycles. The first kappa shape index (κ1) is 24.3. The second kappa shape index (κ2) is 10.0. The molecule has 0 spiro atoms. The number of hydrogen-bond acceptors (Lipinski definition) is 0. The van der Waals surface area contributed by atoms with Crippen LogP contribution in [0.2, 0.25) is 0 Å². The molecule has 184 valence electrons. The van der Waals surface area contributed by atoms with Gasteiger partial charge in [0.1, 0.15) is 0 Å². The van der Waals surface area contributed by atoms with Gasteiger partial charge in [0.25, 0.3) is 0 Å². The summed E-state index contributed by atoms with van der Waals surface area (Å²) in [6.07, 6.45) is 2.86. The van der Waals surface area contributed by atoms with Crippen molar-refractivity contribution in [2.75, 3.05) is 0 Å². The Kier molecular flexibility index (Phi) is 6.57. The van der Waals surface area contributed by atoms with Crippen LogP contribution in [0.25, 0.3) is 32.3 Å². The predicted molar refractivity (Wildman–Crippen MR) is 160 cm³/mol. The Bertz CT molecular complexity index is 1410. The molecule has 0 saturated carbocycles. The van der Waals surface area contributed by atoms with E-state index in [1.165, 1.54) is 55.7 Å². The first-order valence-corrected chi connectivity index (χ1v) is 14.0. The Labute approximate surface area is 230 Å². The fraction of sp³-hybridized carbons (Fsp3) is 0.200. The maximum Gasteiger partial charge on any atom is 0.0485 e. The SMILES string of the molecule is CCC1=C(Cl)c2c(-c3ccccc3)cccc2C1CC1C(CC)=C(Cl)c2c(-c3ccccc3)cccc21. The molecule has 0 nitrogen and oxygen atoms in total. The molecule has 0 fully saturated rings. The highest BCUT2D eigenvalue weighted by atomic mass is 35.5. The van der Waals surface area contributed by atoms with Gasteiger partial charge in [-0.15, -0.1) is 0 Å². The van der Waals surface area contributed by atoms with Crippen molar-refractivity contribution in [2.45, 2.75) is 44.9 Å². The van der Waals surface area contributed by atoms with E-state index in [1.807, 2.05) is 0 Å². The summed E-state index contributed by atoms with van der Waals surface area (Å²) in [5, 5.41) is 1.87. The van der Waals surface area contributed by atoms with Gasteiger partial charge in [-0.25, -0.2) is 0 Å². The van der Waals surface area contributed by atoms with Gasteiger partial charge < -0.3 is 0 Å².